The predicted molar refractivity (Wildman–Crippen MR) is 113 cm³/mol. The van der Waals surface area contributed by atoms with E-state index in [9.17, 15) is 0 Å². The molecule has 1 saturated heterocycles. The molecule has 0 bridgehead atoms. The molecule has 4 aromatic rings. The van der Waals surface area contributed by atoms with Crippen molar-refractivity contribution >= 4 is 11.0 Å². The van der Waals surface area contributed by atoms with Gasteiger partial charge in [-0.3, -0.25) is 5.43 Å². The molecule has 3 heterocycles. The van der Waals surface area contributed by atoms with Crippen LogP contribution in [-0.2, 0) is 6.54 Å². The molecule has 0 amide bonds. The van der Waals surface area contributed by atoms with E-state index in [1.165, 1.54) is 5.56 Å². The Morgan fingerprint density at radius 2 is 2.00 bits per heavy atom. The molecule has 6 heteroatoms. The summed E-state index contributed by atoms with van der Waals surface area (Å²) in [6, 6.07) is 21.0. The number of nitrogens with zero attached hydrogens (tertiary/aromatic N) is 3. The second kappa shape index (κ2) is 7.83. The van der Waals surface area contributed by atoms with Crippen LogP contribution in [-0.4, -0.2) is 34.8 Å². The fraction of sp³-hybridized carbons (Fsp3) is 0.261. The van der Waals surface area contributed by atoms with E-state index in [0.717, 1.165) is 42.1 Å². The van der Waals surface area contributed by atoms with E-state index in [2.05, 4.69) is 64.3 Å². The maximum Gasteiger partial charge on any atom is 0.134 e. The molecule has 5 rings (SSSR count). The van der Waals surface area contributed by atoms with Gasteiger partial charge in [-0.2, -0.15) is 5.10 Å². The van der Waals surface area contributed by atoms with Crippen molar-refractivity contribution in [1.29, 1.82) is 0 Å². The minimum Gasteiger partial charge on any atom is -0.459 e. The molecule has 1 aliphatic rings. The van der Waals surface area contributed by atoms with Crippen LogP contribution in [0.5, 0.6) is 0 Å². The molecule has 2 unspecified atom stereocenters. The number of hydrogen-bond acceptors (Lipinski definition) is 5. The fourth-order valence-corrected chi connectivity index (χ4v) is 4.12. The van der Waals surface area contributed by atoms with E-state index in [1.807, 2.05) is 35.1 Å². The van der Waals surface area contributed by atoms with Crippen LogP contribution in [0.1, 0.15) is 17.4 Å². The number of aromatic nitrogens is 2. The van der Waals surface area contributed by atoms with E-state index >= 15 is 0 Å². The number of fused-ring (bicyclic) bond motifs is 1. The predicted octanol–water partition coefficient (Wildman–Crippen LogP) is 3.52. The van der Waals surface area contributed by atoms with Crippen LogP contribution in [0.4, 0.5) is 0 Å². The fourth-order valence-electron chi connectivity index (χ4n) is 4.12. The lowest BCUT2D eigenvalue weighted by Gasteiger charge is -2.23. The van der Waals surface area contributed by atoms with Gasteiger partial charge in [0.05, 0.1) is 11.7 Å². The lowest BCUT2D eigenvalue weighted by molar-refractivity contribution is 0.252. The summed E-state index contributed by atoms with van der Waals surface area (Å²) in [6.07, 6.45) is 3.75. The summed E-state index contributed by atoms with van der Waals surface area (Å²) in [4.78, 5) is 2.37. The highest BCUT2D eigenvalue weighted by molar-refractivity contribution is 5.77. The SMILES string of the molecule is CN(Cc1ccc(-n2cccn2)cc1)CC1CNNC1c1cc2ccccc2o1. The van der Waals surface area contributed by atoms with Crippen molar-refractivity contribution in [2.75, 3.05) is 20.1 Å². The standard InChI is InChI=1S/C23H25N5O/c1-27(15-17-7-9-20(10-8-17)28-12-4-11-25-28)16-19-14-24-26-23(19)22-13-18-5-2-3-6-21(18)29-22/h2-13,19,23-24,26H,14-16H2,1H3. The van der Waals surface area contributed by atoms with Crippen LogP contribution in [0.15, 0.2) is 77.5 Å². The number of benzene rings is 2. The second-order valence-electron chi connectivity index (χ2n) is 7.76. The molecule has 2 atom stereocenters. The Hall–Kier alpha value is -2.93. The smallest absolute Gasteiger partial charge is 0.134 e. The lowest BCUT2D eigenvalue weighted by atomic mass is 9.99. The van der Waals surface area contributed by atoms with Crippen LogP contribution in [0.25, 0.3) is 16.7 Å². The van der Waals surface area contributed by atoms with Crippen molar-refractivity contribution in [3.63, 3.8) is 0 Å². The monoisotopic (exact) mass is 387 g/mol. The number of rotatable bonds is 6. The summed E-state index contributed by atoms with van der Waals surface area (Å²) >= 11 is 0. The molecule has 0 radical (unpaired) electrons. The van der Waals surface area contributed by atoms with Gasteiger partial charge in [0.25, 0.3) is 0 Å². The Morgan fingerprint density at radius 1 is 1.14 bits per heavy atom. The van der Waals surface area contributed by atoms with E-state index < -0.39 is 0 Å². The maximum absolute atomic E-state index is 6.10. The zero-order chi connectivity index (χ0) is 19.6. The second-order valence-corrected chi connectivity index (χ2v) is 7.76. The molecule has 0 spiro atoms. The molecule has 0 saturated carbocycles. The molecule has 0 aliphatic carbocycles. The summed E-state index contributed by atoms with van der Waals surface area (Å²) in [6.45, 7) is 2.80. The molecule has 6 nitrogen and oxygen atoms in total. The highest BCUT2D eigenvalue weighted by Crippen LogP contribution is 2.30. The molecular weight excluding hydrogens is 362 g/mol. The van der Waals surface area contributed by atoms with Crippen LogP contribution in [0.3, 0.4) is 0 Å². The molecule has 1 fully saturated rings. The average Bonchev–Trinajstić information content (AvgIpc) is 3.48. The summed E-state index contributed by atoms with van der Waals surface area (Å²) < 4.78 is 7.98. The lowest BCUT2D eigenvalue weighted by Crippen LogP contribution is -2.30. The van der Waals surface area contributed by atoms with E-state index in [1.54, 1.807) is 6.20 Å². The largest absolute Gasteiger partial charge is 0.459 e. The zero-order valence-corrected chi connectivity index (χ0v) is 16.5. The molecule has 29 heavy (non-hydrogen) atoms. The zero-order valence-electron chi connectivity index (χ0n) is 16.5. The third-order valence-corrected chi connectivity index (χ3v) is 5.55. The normalized spacial score (nSPS) is 19.4. The molecule has 2 aromatic heterocycles. The quantitative estimate of drug-likeness (QED) is 0.530. The summed E-state index contributed by atoms with van der Waals surface area (Å²) in [5, 5.41) is 5.44. The van der Waals surface area contributed by atoms with E-state index in [4.69, 9.17) is 4.42 Å². The van der Waals surface area contributed by atoms with Gasteiger partial charge in [-0.1, -0.05) is 30.3 Å². The minimum absolute atomic E-state index is 0.173. The first-order valence-electron chi connectivity index (χ1n) is 10.0. The van der Waals surface area contributed by atoms with Crippen molar-refractivity contribution in [2.24, 2.45) is 5.92 Å². The van der Waals surface area contributed by atoms with Gasteiger partial charge in [-0.25, -0.2) is 10.1 Å². The molecule has 1 aliphatic heterocycles. The summed E-state index contributed by atoms with van der Waals surface area (Å²) in [5.74, 6) is 1.43. The summed E-state index contributed by atoms with van der Waals surface area (Å²) in [7, 11) is 2.18. The van der Waals surface area contributed by atoms with Gasteiger partial charge in [0.1, 0.15) is 11.3 Å². The topological polar surface area (TPSA) is 58.3 Å². The van der Waals surface area contributed by atoms with Crippen LogP contribution >= 0.6 is 0 Å². The third-order valence-electron chi connectivity index (χ3n) is 5.55. The van der Waals surface area contributed by atoms with Gasteiger partial charge in [0.2, 0.25) is 0 Å². The maximum atomic E-state index is 6.10. The number of nitrogens with one attached hydrogen (secondary N) is 2. The Balaban J connectivity index is 1.24. The first-order chi connectivity index (χ1) is 14.3. The van der Waals surface area contributed by atoms with E-state index in [-0.39, 0.29) is 6.04 Å². The first-order valence-corrected chi connectivity index (χ1v) is 10.0. The Labute approximate surface area is 170 Å². The van der Waals surface area contributed by atoms with Crippen LogP contribution < -0.4 is 10.9 Å². The van der Waals surface area contributed by atoms with Gasteiger partial charge in [-0.15, -0.1) is 0 Å². The van der Waals surface area contributed by atoms with Gasteiger partial charge in [-0.05, 0) is 42.9 Å². The molecule has 148 valence electrons. The van der Waals surface area contributed by atoms with Crippen LogP contribution in [0, 0.1) is 5.92 Å². The van der Waals surface area contributed by atoms with E-state index in [0.29, 0.717) is 5.92 Å². The van der Waals surface area contributed by atoms with Crippen molar-refractivity contribution in [3.8, 4) is 5.69 Å². The number of para-hydroxylation sites is 1. The van der Waals surface area contributed by atoms with Gasteiger partial charge < -0.3 is 9.32 Å². The summed E-state index contributed by atoms with van der Waals surface area (Å²) in [5.41, 5.74) is 10.0. The minimum atomic E-state index is 0.173. The Morgan fingerprint density at radius 3 is 2.79 bits per heavy atom. The molecule has 2 aromatic carbocycles. The van der Waals surface area contributed by atoms with Crippen molar-refractivity contribution in [2.45, 2.75) is 12.6 Å². The molecule has 2 N–H and O–H groups in total. The van der Waals surface area contributed by atoms with Gasteiger partial charge in [0, 0.05) is 43.3 Å². The van der Waals surface area contributed by atoms with Crippen molar-refractivity contribution in [3.05, 3.63) is 84.4 Å². The van der Waals surface area contributed by atoms with Crippen LogP contribution in [0.2, 0.25) is 0 Å². The first kappa shape index (κ1) is 18.1. The highest BCUT2D eigenvalue weighted by atomic mass is 16.3. The highest BCUT2D eigenvalue weighted by Gasteiger charge is 2.31. The average molecular weight is 387 g/mol. The number of furan rings is 1. The molecular formula is C23H25N5O. The Bertz CT molecular complexity index is 1040. The third kappa shape index (κ3) is 3.82. The van der Waals surface area contributed by atoms with Crippen molar-refractivity contribution < 1.29 is 4.42 Å². The number of hydrazine groups is 1. The van der Waals surface area contributed by atoms with Gasteiger partial charge in [0.15, 0.2) is 0 Å². The van der Waals surface area contributed by atoms with Crippen molar-refractivity contribution in [1.82, 2.24) is 25.5 Å². The Kier molecular flexibility index (Phi) is 4.89. The number of hydrogen-bond donors (Lipinski definition) is 2. The van der Waals surface area contributed by atoms with Gasteiger partial charge >= 0.3 is 0 Å².